The smallest absolute Gasteiger partial charge is 0.339 e. The number of imidazole rings is 1. The molecule has 0 spiro atoms. The molecule has 11 heteroatoms. The number of nitrogens with two attached hydrogens (primary N) is 1. The molecule has 184 valence electrons. The number of anilines is 2. The summed E-state index contributed by atoms with van der Waals surface area (Å²) in [6, 6.07) is 11.4. The van der Waals surface area contributed by atoms with Gasteiger partial charge in [0.2, 0.25) is 5.82 Å². The van der Waals surface area contributed by atoms with Gasteiger partial charge in [0.25, 0.3) is 0 Å². The molecule has 0 amide bonds. The largest absolute Gasteiger partial charge is 0.388 e. The molecule has 1 atom stereocenters. The number of aromatic nitrogens is 3. The lowest BCUT2D eigenvalue weighted by atomic mass is 10.1. The minimum Gasteiger partial charge on any atom is -0.388 e. The van der Waals surface area contributed by atoms with Crippen molar-refractivity contribution >= 4 is 28.6 Å². The maximum absolute atomic E-state index is 14.4. The molecular weight excluding hydrogens is 477 g/mol. The first-order valence-electron chi connectivity index (χ1n) is 10.3. The van der Waals surface area contributed by atoms with E-state index in [-0.39, 0.29) is 22.6 Å². The van der Waals surface area contributed by atoms with Crippen molar-refractivity contribution < 1.29 is 24.8 Å². The molecule has 0 bridgehead atoms. The minimum atomic E-state index is -3.22. The first-order valence-corrected chi connectivity index (χ1v) is 10.7. The van der Waals surface area contributed by atoms with Gasteiger partial charge >= 0.3 is 5.97 Å². The standard InChI is InChI=1S/C15H16FN5O3.C9H9ClO/c1-7-6-21-12(13(17)19-7)11(20-14(21)15(22,23)24)9-4-3-8(18-2)5-10(9)16;1-2-9(11)7-4-3-5-8(10)6-7/h3-6,18,22-24H,1-2H3,(H2,17,19);2-6,9,11H,1H2. The van der Waals surface area contributed by atoms with Crippen molar-refractivity contribution in [2.24, 2.45) is 0 Å². The number of nitrogens with one attached hydrogen (secondary N) is 1. The van der Waals surface area contributed by atoms with E-state index < -0.39 is 23.7 Å². The van der Waals surface area contributed by atoms with Crippen LogP contribution in [-0.2, 0) is 5.97 Å². The molecule has 7 N–H and O–H groups in total. The second-order valence-corrected chi connectivity index (χ2v) is 8.02. The molecule has 2 heterocycles. The summed E-state index contributed by atoms with van der Waals surface area (Å²) in [5, 5.41) is 41.3. The molecule has 0 aliphatic rings. The van der Waals surface area contributed by atoms with E-state index in [9.17, 15) is 24.8 Å². The van der Waals surface area contributed by atoms with Gasteiger partial charge in [-0.05, 0) is 42.8 Å². The van der Waals surface area contributed by atoms with Gasteiger partial charge in [0.15, 0.2) is 0 Å². The molecule has 0 aliphatic carbocycles. The Morgan fingerprint density at radius 3 is 2.49 bits per heavy atom. The molecule has 0 fully saturated rings. The van der Waals surface area contributed by atoms with Crippen LogP contribution in [0.5, 0.6) is 0 Å². The zero-order chi connectivity index (χ0) is 25.9. The molecule has 1 unspecified atom stereocenters. The van der Waals surface area contributed by atoms with Crippen molar-refractivity contribution in [1.82, 2.24) is 14.4 Å². The van der Waals surface area contributed by atoms with Gasteiger partial charge in [-0.2, -0.15) is 0 Å². The van der Waals surface area contributed by atoms with Gasteiger partial charge in [0.05, 0.1) is 11.8 Å². The Morgan fingerprint density at radius 2 is 1.91 bits per heavy atom. The van der Waals surface area contributed by atoms with E-state index in [0.29, 0.717) is 16.4 Å². The maximum Gasteiger partial charge on any atom is 0.339 e. The van der Waals surface area contributed by atoms with E-state index in [1.807, 2.05) is 0 Å². The Kier molecular flexibility index (Phi) is 7.73. The molecule has 2 aromatic carbocycles. The van der Waals surface area contributed by atoms with E-state index in [4.69, 9.17) is 17.3 Å². The fraction of sp³-hybridized carbons (Fsp3) is 0.167. The third kappa shape index (κ3) is 5.76. The van der Waals surface area contributed by atoms with Crippen molar-refractivity contribution in [1.29, 1.82) is 0 Å². The number of nitrogen functional groups attached to an aromatic ring is 1. The number of aliphatic hydroxyl groups is 4. The first-order chi connectivity index (χ1) is 16.5. The van der Waals surface area contributed by atoms with Crippen LogP contribution >= 0.6 is 11.6 Å². The fourth-order valence-electron chi connectivity index (χ4n) is 3.38. The number of halogens is 2. The summed E-state index contributed by atoms with van der Waals surface area (Å²) in [4.78, 5) is 8.07. The Morgan fingerprint density at radius 1 is 1.20 bits per heavy atom. The zero-order valence-electron chi connectivity index (χ0n) is 18.9. The van der Waals surface area contributed by atoms with Gasteiger partial charge in [-0.3, -0.25) is 4.40 Å². The van der Waals surface area contributed by atoms with E-state index in [1.165, 1.54) is 28.8 Å². The van der Waals surface area contributed by atoms with Gasteiger partial charge in [-0.25, -0.2) is 14.4 Å². The van der Waals surface area contributed by atoms with Crippen molar-refractivity contribution in [2.75, 3.05) is 18.1 Å². The average Bonchev–Trinajstić information content (AvgIpc) is 3.18. The Balaban J connectivity index is 0.000000261. The number of benzene rings is 2. The van der Waals surface area contributed by atoms with E-state index >= 15 is 0 Å². The van der Waals surface area contributed by atoms with Gasteiger partial charge < -0.3 is 31.5 Å². The maximum atomic E-state index is 14.4. The lowest BCUT2D eigenvalue weighted by molar-refractivity contribution is -0.329. The molecule has 0 radical (unpaired) electrons. The van der Waals surface area contributed by atoms with Crippen LogP contribution in [0.1, 0.15) is 23.2 Å². The highest BCUT2D eigenvalue weighted by atomic mass is 35.5. The average molecular weight is 502 g/mol. The molecule has 0 aliphatic heterocycles. The number of hydrogen-bond acceptors (Lipinski definition) is 8. The monoisotopic (exact) mass is 501 g/mol. The summed E-state index contributed by atoms with van der Waals surface area (Å²) in [5.41, 5.74) is 7.98. The Labute approximate surface area is 205 Å². The molecule has 4 rings (SSSR count). The molecule has 4 aromatic rings. The van der Waals surface area contributed by atoms with Crippen LogP contribution in [0.2, 0.25) is 5.02 Å². The van der Waals surface area contributed by atoms with Crippen LogP contribution in [0.15, 0.2) is 61.3 Å². The fourth-order valence-corrected chi connectivity index (χ4v) is 3.57. The first kappa shape index (κ1) is 26.1. The van der Waals surface area contributed by atoms with Crippen LogP contribution < -0.4 is 11.1 Å². The SMILES string of the molecule is C=CC(O)c1cccc(Cl)c1.CNc1ccc(-c2nc(C(O)(O)O)n3cc(C)nc(N)c23)c(F)c1. The van der Waals surface area contributed by atoms with E-state index in [2.05, 4.69) is 21.9 Å². The number of rotatable bonds is 5. The van der Waals surface area contributed by atoms with Crippen molar-refractivity contribution in [3.63, 3.8) is 0 Å². The molecule has 0 saturated carbocycles. The number of fused-ring (bicyclic) bond motifs is 1. The molecule has 0 saturated heterocycles. The summed E-state index contributed by atoms with van der Waals surface area (Å²) in [5.74, 6) is -4.30. The van der Waals surface area contributed by atoms with Crippen LogP contribution in [0.3, 0.4) is 0 Å². The number of nitrogens with zero attached hydrogens (tertiary/aromatic N) is 3. The molecular formula is C24H25ClFN5O4. The minimum absolute atomic E-state index is 0.0186. The zero-order valence-corrected chi connectivity index (χ0v) is 19.7. The Hall–Kier alpha value is -3.54. The highest BCUT2D eigenvalue weighted by Gasteiger charge is 2.31. The van der Waals surface area contributed by atoms with Crippen LogP contribution in [0.25, 0.3) is 16.8 Å². The number of aryl methyl sites for hydroxylation is 1. The Bertz CT molecular complexity index is 1370. The normalized spacial score (nSPS) is 12.1. The highest BCUT2D eigenvalue weighted by Crippen LogP contribution is 2.33. The van der Waals surface area contributed by atoms with Crippen molar-refractivity contribution in [2.45, 2.75) is 19.0 Å². The number of hydrogen-bond donors (Lipinski definition) is 6. The van der Waals surface area contributed by atoms with Crippen LogP contribution in [-0.4, -0.2) is 41.8 Å². The van der Waals surface area contributed by atoms with Crippen molar-refractivity contribution in [3.8, 4) is 11.3 Å². The second kappa shape index (κ2) is 10.4. The van der Waals surface area contributed by atoms with Gasteiger partial charge in [0, 0.05) is 29.5 Å². The lowest BCUT2D eigenvalue weighted by Crippen LogP contribution is -2.27. The third-order valence-electron chi connectivity index (χ3n) is 4.99. The predicted molar refractivity (Wildman–Crippen MR) is 132 cm³/mol. The second-order valence-electron chi connectivity index (χ2n) is 7.59. The van der Waals surface area contributed by atoms with Crippen LogP contribution in [0, 0.1) is 12.7 Å². The lowest BCUT2D eigenvalue weighted by Gasteiger charge is -2.12. The number of aliphatic hydroxyl groups excluding tert-OH is 1. The third-order valence-corrected chi connectivity index (χ3v) is 5.23. The summed E-state index contributed by atoms with van der Waals surface area (Å²) in [6.07, 6.45) is 2.26. The van der Waals surface area contributed by atoms with Gasteiger partial charge in [-0.1, -0.05) is 29.8 Å². The van der Waals surface area contributed by atoms with Crippen LogP contribution in [0.4, 0.5) is 15.9 Å². The summed E-state index contributed by atoms with van der Waals surface area (Å²) < 4.78 is 15.6. The topological polar surface area (TPSA) is 149 Å². The van der Waals surface area contributed by atoms with Gasteiger partial charge in [-0.15, -0.1) is 6.58 Å². The quantitative estimate of drug-likeness (QED) is 0.180. The predicted octanol–water partition coefficient (Wildman–Crippen LogP) is 3.11. The summed E-state index contributed by atoms with van der Waals surface area (Å²) in [6.45, 7) is 5.11. The molecule has 35 heavy (non-hydrogen) atoms. The summed E-state index contributed by atoms with van der Waals surface area (Å²) in [7, 11) is 1.65. The highest BCUT2D eigenvalue weighted by molar-refractivity contribution is 6.30. The van der Waals surface area contributed by atoms with E-state index in [1.54, 1.807) is 44.3 Å². The van der Waals surface area contributed by atoms with E-state index in [0.717, 1.165) is 5.56 Å². The summed E-state index contributed by atoms with van der Waals surface area (Å²) >= 11 is 5.70. The van der Waals surface area contributed by atoms with Crippen molar-refractivity contribution in [3.05, 3.63) is 89.2 Å². The van der Waals surface area contributed by atoms with Gasteiger partial charge in [0.1, 0.15) is 22.8 Å². The molecule has 2 aromatic heterocycles. The molecule has 9 nitrogen and oxygen atoms in total.